The van der Waals surface area contributed by atoms with Crippen LogP contribution in [0.2, 0.25) is 0 Å². The number of ether oxygens (including phenoxy) is 1. The topological polar surface area (TPSA) is 53.1 Å². The predicted molar refractivity (Wildman–Crippen MR) is 76.2 cm³/mol. The van der Waals surface area contributed by atoms with Gasteiger partial charge in [-0.25, -0.2) is 0 Å². The molecule has 0 saturated carbocycles. The lowest BCUT2D eigenvalue weighted by Crippen LogP contribution is -2.07. The standard InChI is InChI=1S/C15H21N3O/c1-11-4-5-15(13(8-11)6-7-16)19-10-14-9-12(2)17-18(14)3/h4-5,8-9H,6-7,10,16H2,1-3H3. The Labute approximate surface area is 114 Å². The predicted octanol–water partition coefficient (Wildman–Crippen LogP) is 2.12. The first-order valence-electron chi connectivity index (χ1n) is 6.52. The Morgan fingerprint density at radius 3 is 2.68 bits per heavy atom. The molecule has 19 heavy (non-hydrogen) atoms. The zero-order valence-electron chi connectivity index (χ0n) is 11.8. The van der Waals surface area contributed by atoms with Gasteiger partial charge in [-0.2, -0.15) is 5.10 Å². The molecule has 4 heteroatoms. The molecule has 102 valence electrons. The van der Waals surface area contributed by atoms with Crippen LogP contribution in [0.1, 0.15) is 22.5 Å². The quantitative estimate of drug-likeness (QED) is 0.894. The fourth-order valence-corrected chi connectivity index (χ4v) is 2.15. The Bertz CT molecular complexity index is 561. The molecule has 4 nitrogen and oxygen atoms in total. The third-order valence-electron chi connectivity index (χ3n) is 3.10. The van der Waals surface area contributed by atoms with Crippen LogP contribution in [0, 0.1) is 13.8 Å². The van der Waals surface area contributed by atoms with E-state index in [1.54, 1.807) is 0 Å². The monoisotopic (exact) mass is 259 g/mol. The van der Waals surface area contributed by atoms with Crippen molar-refractivity contribution in [3.63, 3.8) is 0 Å². The van der Waals surface area contributed by atoms with E-state index in [0.717, 1.165) is 23.6 Å². The summed E-state index contributed by atoms with van der Waals surface area (Å²) in [6.45, 7) is 5.21. The molecule has 0 radical (unpaired) electrons. The molecule has 1 heterocycles. The lowest BCUT2D eigenvalue weighted by Gasteiger charge is -2.12. The molecule has 1 aromatic heterocycles. The summed E-state index contributed by atoms with van der Waals surface area (Å²) in [6.07, 6.45) is 0.835. The van der Waals surface area contributed by atoms with Crippen LogP contribution in [0.25, 0.3) is 0 Å². The van der Waals surface area contributed by atoms with E-state index >= 15 is 0 Å². The van der Waals surface area contributed by atoms with Gasteiger partial charge in [0.1, 0.15) is 12.4 Å². The SMILES string of the molecule is Cc1ccc(OCc2cc(C)nn2C)c(CCN)c1. The molecular weight excluding hydrogens is 238 g/mol. The molecule has 1 aromatic carbocycles. The van der Waals surface area contributed by atoms with E-state index in [4.69, 9.17) is 10.5 Å². The molecule has 2 N–H and O–H groups in total. The number of nitrogens with zero attached hydrogens (tertiary/aromatic N) is 2. The van der Waals surface area contributed by atoms with E-state index in [1.165, 1.54) is 11.1 Å². The molecule has 2 rings (SSSR count). The van der Waals surface area contributed by atoms with E-state index < -0.39 is 0 Å². The molecule has 2 aromatic rings. The number of hydrogen-bond donors (Lipinski definition) is 1. The van der Waals surface area contributed by atoms with Crippen molar-refractivity contribution in [2.75, 3.05) is 6.54 Å². The minimum absolute atomic E-state index is 0.526. The van der Waals surface area contributed by atoms with Gasteiger partial charge < -0.3 is 10.5 Å². The molecule has 0 atom stereocenters. The molecule has 0 spiro atoms. The van der Waals surface area contributed by atoms with Gasteiger partial charge in [0.05, 0.1) is 11.4 Å². The summed E-state index contributed by atoms with van der Waals surface area (Å²) in [6, 6.07) is 8.25. The van der Waals surface area contributed by atoms with Crippen molar-refractivity contribution in [3.05, 3.63) is 46.8 Å². The van der Waals surface area contributed by atoms with Crippen LogP contribution in [0.4, 0.5) is 0 Å². The van der Waals surface area contributed by atoms with Gasteiger partial charge in [0.25, 0.3) is 0 Å². The lowest BCUT2D eigenvalue weighted by atomic mass is 10.1. The number of aromatic nitrogens is 2. The van der Waals surface area contributed by atoms with Crippen molar-refractivity contribution in [2.24, 2.45) is 12.8 Å². The van der Waals surface area contributed by atoms with E-state index in [9.17, 15) is 0 Å². The maximum atomic E-state index is 5.91. The van der Waals surface area contributed by atoms with E-state index in [-0.39, 0.29) is 0 Å². The first-order chi connectivity index (χ1) is 9.10. The number of nitrogens with two attached hydrogens (primary N) is 1. The molecule has 0 bridgehead atoms. The van der Waals surface area contributed by atoms with Crippen molar-refractivity contribution in [3.8, 4) is 5.75 Å². The van der Waals surface area contributed by atoms with Gasteiger partial charge in [-0.3, -0.25) is 4.68 Å². The minimum Gasteiger partial charge on any atom is -0.487 e. The molecule has 0 aliphatic heterocycles. The Hall–Kier alpha value is -1.81. The Morgan fingerprint density at radius 2 is 2.05 bits per heavy atom. The van der Waals surface area contributed by atoms with Gasteiger partial charge in [0, 0.05) is 7.05 Å². The van der Waals surface area contributed by atoms with Gasteiger partial charge in [-0.05, 0) is 44.5 Å². The van der Waals surface area contributed by atoms with Crippen molar-refractivity contribution in [1.29, 1.82) is 0 Å². The van der Waals surface area contributed by atoms with E-state index in [2.05, 4.69) is 24.2 Å². The summed E-state index contributed by atoms with van der Waals surface area (Å²) >= 11 is 0. The highest BCUT2D eigenvalue weighted by Crippen LogP contribution is 2.21. The Morgan fingerprint density at radius 1 is 1.26 bits per heavy atom. The number of aryl methyl sites for hydroxylation is 3. The van der Waals surface area contributed by atoms with Crippen LogP contribution in [0.5, 0.6) is 5.75 Å². The smallest absolute Gasteiger partial charge is 0.130 e. The highest BCUT2D eigenvalue weighted by molar-refractivity contribution is 5.37. The molecule has 0 unspecified atom stereocenters. The van der Waals surface area contributed by atoms with Gasteiger partial charge in [0.15, 0.2) is 0 Å². The zero-order chi connectivity index (χ0) is 13.8. The third-order valence-corrected chi connectivity index (χ3v) is 3.10. The van der Waals surface area contributed by atoms with Crippen LogP contribution in [0.3, 0.4) is 0 Å². The third kappa shape index (κ3) is 3.35. The summed E-state index contributed by atoms with van der Waals surface area (Å²) < 4.78 is 7.76. The average molecular weight is 259 g/mol. The number of benzene rings is 1. The van der Waals surface area contributed by atoms with E-state index in [1.807, 2.05) is 30.8 Å². The van der Waals surface area contributed by atoms with Crippen molar-refractivity contribution in [2.45, 2.75) is 26.9 Å². The maximum absolute atomic E-state index is 5.91. The first-order valence-corrected chi connectivity index (χ1v) is 6.52. The number of rotatable bonds is 5. The summed E-state index contributed by atoms with van der Waals surface area (Å²) in [5.41, 5.74) is 10.1. The molecule has 0 fully saturated rings. The van der Waals surface area contributed by atoms with Gasteiger partial charge in [-0.1, -0.05) is 17.7 Å². The highest BCUT2D eigenvalue weighted by Gasteiger charge is 2.06. The molecule has 0 saturated heterocycles. The second-order valence-corrected chi connectivity index (χ2v) is 4.84. The fourth-order valence-electron chi connectivity index (χ4n) is 2.15. The minimum atomic E-state index is 0.526. The summed E-state index contributed by atoms with van der Waals surface area (Å²) in [5.74, 6) is 0.912. The second-order valence-electron chi connectivity index (χ2n) is 4.84. The van der Waals surface area contributed by atoms with Crippen LogP contribution in [-0.4, -0.2) is 16.3 Å². The van der Waals surface area contributed by atoms with Crippen LogP contribution in [-0.2, 0) is 20.1 Å². The van der Waals surface area contributed by atoms with Gasteiger partial charge in [0.2, 0.25) is 0 Å². The molecule has 0 aliphatic carbocycles. The highest BCUT2D eigenvalue weighted by atomic mass is 16.5. The maximum Gasteiger partial charge on any atom is 0.130 e. The van der Waals surface area contributed by atoms with E-state index in [0.29, 0.717) is 13.2 Å². The lowest BCUT2D eigenvalue weighted by molar-refractivity contribution is 0.292. The summed E-state index contributed by atoms with van der Waals surface area (Å²) in [7, 11) is 1.93. The average Bonchev–Trinajstić information content (AvgIpc) is 2.67. The fraction of sp³-hybridized carbons (Fsp3) is 0.400. The normalized spacial score (nSPS) is 10.7. The van der Waals surface area contributed by atoms with Crippen molar-refractivity contribution < 1.29 is 4.74 Å². The molecule has 0 amide bonds. The van der Waals surface area contributed by atoms with Crippen LogP contribution < -0.4 is 10.5 Å². The summed E-state index contributed by atoms with van der Waals surface area (Å²) in [5, 5.41) is 4.31. The second kappa shape index (κ2) is 5.89. The first kappa shape index (κ1) is 13.6. The van der Waals surface area contributed by atoms with Crippen molar-refractivity contribution in [1.82, 2.24) is 9.78 Å². The largest absolute Gasteiger partial charge is 0.487 e. The Balaban J connectivity index is 2.12. The van der Waals surface area contributed by atoms with Crippen molar-refractivity contribution >= 4 is 0 Å². The molecule has 0 aliphatic rings. The van der Waals surface area contributed by atoms with Crippen LogP contribution in [0.15, 0.2) is 24.3 Å². The summed E-state index contributed by atoms with van der Waals surface area (Å²) in [4.78, 5) is 0. The number of hydrogen-bond acceptors (Lipinski definition) is 3. The van der Waals surface area contributed by atoms with Crippen LogP contribution >= 0.6 is 0 Å². The Kier molecular flexibility index (Phi) is 4.22. The van der Waals surface area contributed by atoms with Gasteiger partial charge >= 0.3 is 0 Å². The zero-order valence-corrected chi connectivity index (χ0v) is 11.8. The molecular formula is C15H21N3O. The van der Waals surface area contributed by atoms with Gasteiger partial charge in [-0.15, -0.1) is 0 Å².